The van der Waals surface area contributed by atoms with E-state index in [-0.39, 0.29) is 23.6 Å². The molecule has 5 nitrogen and oxygen atoms in total. The molecule has 160 valence electrons. The van der Waals surface area contributed by atoms with Crippen molar-refractivity contribution in [1.82, 2.24) is 15.3 Å². The highest BCUT2D eigenvalue weighted by Gasteiger charge is 2.69. The van der Waals surface area contributed by atoms with Gasteiger partial charge < -0.3 is 5.32 Å². The number of thiazole rings is 1. The van der Waals surface area contributed by atoms with Crippen molar-refractivity contribution in [1.29, 1.82) is 0 Å². The third-order valence-corrected chi connectivity index (χ3v) is 7.05. The average molecular weight is 440 g/mol. The molecule has 3 aliphatic rings. The maximum Gasteiger partial charge on any atom is 0.443 e. The van der Waals surface area contributed by atoms with Crippen LogP contribution < -0.4 is 5.32 Å². The Kier molecular flexibility index (Phi) is 4.63. The predicted molar refractivity (Wildman–Crippen MR) is 91.9 cm³/mol. The molecule has 0 aromatic carbocycles. The fraction of sp³-hybridized carbons (Fsp3) is 0.706. The lowest BCUT2D eigenvalue weighted by atomic mass is 9.72. The molecule has 2 heterocycles. The molecule has 12 heteroatoms. The zero-order valence-electron chi connectivity index (χ0n) is 15.3. The Morgan fingerprint density at radius 1 is 1.24 bits per heavy atom. The van der Waals surface area contributed by atoms with Crippen LogP contribution in [0.1, 0.15) is 42.0 Å². The van der Waals surface area contributed by atoms with E-state index in [0.717, 1.165) is 25.5 Å². The number of alkyl halides is 6. The smallest absolute Gasteiger partial charge is 0.333 e. The number of amides is 1. The highest BCUT2D eigenvalue weighted by molar-refractivity contribution is 7.13. The molecule has 1 aromatic rings. The molecule has 2 fully saturated rings. The fourth-order valence-corrected chi connectivity index (χ4v) is 4.73. The number of hydrogen-bond acceptors (Lipinski definition) is 5. The number of carbonyl (C=O) groups is 1. The van der Waals surface area contributed by atoms with Crippen LogP contribution in [-0.4, -0.2) is 41.0 Å². The van der Waals surface area contributed by atoms with Crippen LogP contribution >= 0.6 is 11.3 Å². The van der Waals surface area contributed by atoms with Gasteiger partial charge in [-0.2, -0.15) is 31.4 Å². The average Bonchev–Trinajstić information content (AvgIpc) is 3.14. The second-order valence-corrected chi connectivity index (χ2v) is 8.83. The van der Waals surface area contributed by atoms with E-state index in [1.807, 2.05) is 0 Å². The molecule has 2 aliphatic carbocycles. The van der Waals surface area contributed by atoms with E-state index < -0.39 is 40.8 Å². The minimum Gasteiger partial charge on any atom is -0.333 e. The SMILES string of the molecule is CN1N=C(c2cnc(C(F)(F)F)s2)C(C2CCC2)C1NC(=O)C1(C(F)(F)F)CC1. The number of hydrazone groups is 1. The van der Waals surface area contributed by atoms with Crippen LogP contribution in [0.4, 0.5) is 26.3 Å². The monoisotopic (exact) mass is 440 g/mol. The second-order valence-electron chi connectivity index (χ2n) is 7.80. The Hall–Kier alpha value is -1.85. The van der Waals surface area contributed by atoms with Gasteiger partial charge in [-0.1, -0.05) is 6.42 Å². The highest BCUT2D eigenvalue weighted by Crippen LogP contribution is 2.58. The minimum absolute atomic E-state index is 0.0291. The van der Waals surface area contributed by atoms with Gasteiger partial charge in [-0.25, -0.2) is 4.98 Å². The Balaban J connectivity index is 1.59. The van der Waals surface area contributed by atoms with Crippen LogP contribution in [0.3, 0.4) is 0 Å². The van der Waals surface area contributed by atoms with Gasteiger partial charge in [0.25, 0.3) is 0 Å². The number of nitrogens with one attached hydrogen (secondary N) is 1. The van der Waals surface area contributed by atoms with Crippen molar-refractivity contribution >= 4 is 23.0 Å². The van der Waals surface area contributed by atoms with E-state index in [2.05, 4.69) is 15.4 Å². The zero-order valence-corrected chi connectivity index (χ0v) is 16.1. The Labute approximate surface area is 166 Å². The number of rotatable bonds is 4. The van der Waals surface area contributed by atoms with Crippen LogP contribution in [0.15, 0.2) is 11.3 Å². The second kappa shape index (κ2) is 6.58. The Bertz CT molecular complexity index is 840. The van der Waals surface area contributed by atoms with Crippen molar-refractivity contribution in [3.8, 4) is 0 Å². The first-order valence-corrected chi connectivity index (χ1v) is 9.98. The van der Waals surface area contributed by atoms with Crippen LogP contribution in [-0.2, 0) is 11.0 Å². The van der Waals surface area contributed by atoms with E-state index >= 15 is 0 Å². The minimum atomic E-state index is -4.64. The van der Waals surface area contributed by atoms with E-state index in [0.29, 0.717) is 17.0 Å². The normalized spacial score (nSPS) is 26.9. The summed E-state index contributed by atoms with van der Waals surface area (Å²) >= 11 is 0.452. The summed E-state index contributed by atoms with van der Waals surface area (Å²) in [7, 11) is 1.50. The standard InChI is InChI=1S/C17H18F6N4OS/c1-27-12(25-13(28)15(5-6-15)17(21,22)23)10(8-3-2-4-8)11(26-27)9-7-24-14(29-9)16(18,19)20/h7-8,10,12H,2-6H2,1H3,(H,25,28). The van der Waals surface area contributed by atoms with Crippen LogP contribution in [0.5, 0.6) is 0 Å². The molecule has 2 saturated carbocycles. The van der Waals surface area contributed by atoms with Gasteiger partial charge in [0.15, 0.2) is 5.01 Å². The summed E-state index contributed by atoms with van der Waals surface area (Å²) in [4.78, 5) is 16.1. The summed E-state index contributed by atoms with van der Waals surface area (Å²) < 4.78 is 78.7. The van der Waals surface area contributed by atoms with Crippen molar-refractivity contribution in [3.05, 3.63) is 16.1 Å². The van der Waals surface area contributed by atoms with Crippen LogP contribution in [0, 0.1) is 17.3 Å². The van der Waals surface area contributed by atoms with Gasteiger partial charge in [-0.3, -0.25) is 9.80 Å². The van der Waals surface area contributed by atoms with E-state index in [9.17, 15) is 31.1 Å². The van der Waals surface area contributed by atoms with Gasteiger partial charge in [0.1, 0.15) is 11.6 Å². The van der Waals surface area contributed by atoms with Crippen molar-refractivity contribution in [2.24, 2.45) is 22.4 Å². The number of carbonyl (C=O) groups excluding carboxylic acids is 1. The van der Waals surface area contributed by atoms with Crippen molar-refractivity contribution in [3.63, 3.8) is 0 Å². The Morgan fingerprint density at radius 2 is 1.90 bits per heavy atom. The van der Waals surface area contributed by atoms with Gasteiger partial charge in [0.2, 0.25) is 5.91 Å². The van der Waals surface area contributed by atoms with Crippen molar-refractivity contribution in [2.75, 3.05) is 7.05 Å². The third kappa shape index (κ3) is 3.38. The largest absolute Gasteiger partial charge is 0.443 e. The Morgan fingerprint density at radius 3 is 2.34 bits per heavy atom. The first kappa shape index (κ1) is 20.4. The van der Waals surface area contributed by atoms with Crippen LogP contribution in [0.2, 0.25) is 0 Å². The molecule has 4 rings (SSSR count). The third-order valence-electron chi connectivity index (χ3n) is 5.99. The van der Waals surface area contributed by atoms with Gasteiger partial charge >= 0.3 is 12.4 Å². The molecule has 2 unspecified atom stereocenters. The molecule has 1 N–H and O–H groups in total. The summed E-state index contributed by atoms with van der Waals surface area (Å²) in [6.07, 6.45) is -7.01. The molecular weight excluding hydrogens is 422 g/mol. The number of aromatic nitrogens is 1. The maximum atomic E-state index is 13.3. The van der Waals surface area contributed by atoms with Gasteiger partial charge in [0, 0.05) is 19.2 Å². The van der Waals surface area contributed by atoms with Gasteiger partial charge in [-0.15, -0.1) is 11.3 Å². The van der Waals surface area contributed by atoms with Crippen molar-refractivity contribution < 1.29 is 31.1 Å². The van der Waals surface area contributed by atoms with Crippen LogP contribution in [0.25, 0.3) is 0 Å². The number of halogens is 6. The molecule has 29 heavy (non-hydrogen) atoms. The molecule has 1 aromatic heterocycles. The molecule has 0 saturated heterocycles. The first-order chi connectivity index (χ1) is 13.4. The molecule has 1 amide bonds. The summed E-state index contributed by atoms with van der Waals surface area (Å²) in [6.45, 7) is 0. The van der Waals surface area contributed by atoms with Gasteiger partial charge in [-0.05, 0) is 31.6 Å². The zero-order chi connectivity index (χ0) is 21.2. The number of nitrogens with zero attached hydrogens (tertiary/aromatic N) is 3. The summed E-state index contributed by atoms with van der Waals surface area (Å²) in [6, 6.07) is 0. The lowest BCUT2D eigenvalue weighted by Crippen LogP contribution is -2.54. The lowest BCUT2D eigenvalue weighted by molar-refractivity contribution is -0.193. The first-order valence-electron chi connectivity index (χ1n) is 9.16. The topological polar surface area (TPSA) is 57.6 Å². The molecule has 0 radical (unpaired) electrons. The molecule has 2 atom stereocenters. The lowest BCUT2D eigenvalue weighted by Gasteiger charge is -2.37. The molecule has 0 spiro atoms. The highest BCUT2D eigenvalue weighted by atomic mass is 32.1. The predicted octanol–water partition coefficient (Wildman–Crippen LogP) is 4.01. The summed E-state index contributed by atoms with van der Waals surface area (Å²) in [5.74, 6) is -1.55. The maximum absolute atomic E-state index is 13.3. The van der Waals surface area contributed by atoms with E-state index in [4.69, 9.17) is 0 Å². The quantitative estimate of drug-likeness (QED) is 0.720. The van der Waals surface area contributed by atoms with Gasteiger partial charge in [0.05, 0.1) is 10.6 Å². The van der Waals surface area contributed by atoms with E-state index in [1.165, 1.54) is 12.1 Å². The van der Waals surface area contributed by atoms with E-state index in [1.54, 1.807) is 0 Å². The summed E-state index contributed by atoms with van der Waals surface area (Å²) in [5.41, 5.74) is -2.03. The summed E-state index contributed by atoms with van der Waals surface area (Å²) in [5, 5.41) is 7.12. The van der Waals surface area contributed by atoms with Crippen molar-refractivity contribution in [2.45, 2.75) is 50.6 Å². The molecule has 0 bridgehead atoms. The molecule has 1 aliphatic heterocycles. The fourth-order valence-electron chi connectivity index (χ4n) is 3.92. The number of hydrogen-bond donors (Lipinski definition) is 1. The molecular formula is C17H18F6N4OS.